The predicted molar refractivity (Wildman–Crippen MR) is 79.4 cm³/mol. The summed E-state index contributed by atoms with van der Waals surface area (Å²) in [4.78, 5) is 14.4. The molecule has 1 fully saturated rings. The number of amides is 1. The van der Waals surface area contributed by atoms with E-state index in [1.54, 1.807) is 18.2 Å². The minimum absolute atomic E-state index is 0.00419. The summed E-state index contributed by atoms with van der Waals surface area (Å²) in [5.74, 6) is -0.00419. The standard InChI is InChI=1S/C14H20ClN3O/c1-3-18(11-5-6-11)9(2)14(19)17-10-4-7-12(15)13(16)8-10/h4,7-9,11H,3,5-6,16H2,1-2H3,(H,17,19). The van der Waals surface area contributed by atoms with Crippen molar-refractivity contribution in [2.75, 3.05) is 17.6 Å². The van der Waals surface area contributed by atoms with Crippen LogP contribution in [0.1, 0.15) is 26.7 Å². The Bertz CT molecular complexity index is 474. The monoisotopic (exact) mass is 281 g/mol. The quantitative estimate of drug-likeness (QED) is 0.816. The lowest BCUT2D eigenvalue weighted by atomic mass is 10.2. The van der Waals surface area contributed by atoms with Gasteiger partial charge in [-0.2, -0.15) is 0 Å². The SMILES string of the molecule is CCN(C1CC1)C(C)C(=O)Nc1ccc(Cl)c(N)c1. The molecule has 4 nitrogen and oxygen atoms in total. The van der Waals surface area contributed by atoms with Gasteiger partial charge in [0, 0.05) is 11.7 Å². The molecule has 1 aromatic carbocycles. The van der Waals surface area contributed by atoms with E-state index in [0.717, 1.165) is 6.54 Å². The van der Waals surface area contributed by atoms with Crippen molar-refractivity contribution >= 4 is 28.9 Å². The molecule has 104 valence electrons. The van der Waals surface area contributed by atoms with Gasteiger partial charge in [-0.05, 0) is 44.5 Å². The number of rotatable bonds is 5. The Morgan fingerprint density at radius 2 is 2.26 bits per heavy atom. The van der Waals surface area contributed by atoms with Gasteiger partial charge in [0.15, 0.2) is 0 Å². The number of carbonyl (C=O) groups is 1. The highest BCUT2D eigenvalue weighted by atomic mass is 35.5. The molecule has 1 aliphatic carbocycles. The van der Waals surface area contributed by atoms with Crippen LogP contribution in [0.15, 0.2) is 18.2 Å². The van der Waals surface area contributed by atoms with Crippen LogP contribution in [0.4, 0.5) is 11.4 Å². The number of likely N-dealkylation sites (N-methyl/N-ethyl adjacent to an activating group) is 1. The van der Waals surface area contributed by atoms with Gasteiger partial charge < -0.3 is 11.1 Å². The van der Waals surface area contributed by atoms with E-state index < -0.39 is 0 Å². The Labute approximate surface area is 118 Å². The minimum atomic E-state index is -0.130. The zero-order valence-electron chi connectivity index (χ0n) is 11.3. The number of carbonyl (C=O) groups excluding carboxylic acids is 1. The summed E-state index contributed by atoms with van der Waals surface area (Å²) < 4.78 is 0. The van der Waals surface area contributed by atoms with Gasteiger partial charge in [-0.15, -0.1) is 0 Å². The Kier molecular flexibility index (Phi) is 4.32. The Morgan fingerprint density at radius 3 is 2.79 bits per heavy atom. The smallest absolute Gasteiger partial charge is 0.241 e. The molecule has 1 amide bonds. The van der Waals surface area contributed by atoms with E-state index in [9.17, 15) is 4.79 Å². The zero-order valence-corrected chi connectivity index (χ0v) is 12.1. The normalized spacial score (nSPS) is 16.4. The largest absolute Gasteiger partial charge is 0.397 e. The van der Waals surface area contributed by atoms with Crippen LogP contribution in [0.5, 0.6) is 0 Å². The first-order valence-corrected chi connectivity index (χ1v) is 7.02. The third kappa shape index (κ3) is 3.39. The van der Waals surface area contributed by atoms with Gasteiger partial charge >= 0.3 is 0 Å². The van der Waals surface area contributed by atoms with Gasteiger partial charge in [-0.25, -0.2) is 0 Å². The third-order valence-electron chi connectivity index (χ3n) is 3.52. The number of nitrogens with two attached hydrogens (primary N) is 1. The molecule has 5 heteroatoms. The summed E-state index contributed by atoms with van der Waals surface area (Å²) >= 11 is 5.86. The van der Waals surface area contributed by atoms with Crippen LogP contribution < -0.4 is 11.1 Å². The number of nitrogen functional groups attached to an aromatic ring is 1. The highest BCUT2D eigenvalue weighted by molar-refractivity contribution is 6.33. The van der Waals surface area contributed by atoms with Crippen LogP contribution in [0.2, 0.25) is 5.02 Å². The van der Waals surface area contributed by atoms with Crippen LogP contribution in [0.3, 0.4) is 0 Å². The molecule has 1 aliphatic rings. The Balaban J connectivity index is 2.01. The summed E-state index contributed by atoms with van der Waals surface area (Å²) in [7, 11) is 0. The van der Waals surface area contributed by atoms with Crippen molar-refractivity contribution in [3.8, 4) is 0 Å². The van der Waals surface area contributed by atoms with Crippen molar-refractivity contribution < 1.29 is 4.79 Å². The zero-order chi connectivity index (χ0) is 14.0. The van der Waals surface area contributed by atoms with Crippen molar-refractivity contribution in [1.82, 2.24) is 4.90 Å². The highest BCUT2D eigenvalue weighted by Gasteiger charge is 2.33. The molecular formula is C14H20ClN3O. The summed E-state index contributed by atoms with van der Waals surface area (Å²) in [5, 5.41) is 3.39. The first-order valence-electron chi connectivity index (χ1n) is 6.64. The first-order chi connectivity index (χ1) is 9.02. The van der Waals surface area contributed by atoms with Gasteiger partial charge in [0.2, 0.25) is 5.91 Å². The lowest BCUT2D eigenvalue weighted by molar-refractivity contribution is -0.120. The maximum Gasteiger partial charge on any atom is 0.241 e. The fourth-order valence-corrected chi connectivity index (χ4v) is 2.39. The minimum Gasteiger partial charge on any atom is -0.397 e. The van der Waals surface area contributed by atoms with Crippen molar-refractivity contribution in [1.29, 1.82) is 0 Å². The first kappa shape index (κ1) is 14.2. The molecule has 3 N–H and O–H groups in total. The van der Waals surface area contributed by atoms with E-state index in [2.05, 4.69) is 17.1 Å². The summed E-state index contributed by atoms with van der Waals surface area (Å²) in [5.41, 5.74) is 6.88. The van der Waals surface area contributed by atoms with E-state index in [0.29, 0.717) is 22.4 Å². The molecule has 1 saturated carbocycles. The van der Waals surface area contributed by atoms with Crippen LogP contribution in [0, 0.1) is 0 Å². The molecule has 2 rings (SSSR count). The van der Waals surface area contributed by atoms with Gasteiger partial charge in [0.05, 0.1) is 16.8 Å². The molecule has 0 aliphatic heterocycles. The van der Waals surface area contributed by atoms with Crippen molar-refractivity contribution in [2.45, 2.75) is 38.8 Å². The molecule has 0 spiro atoms. The molecule has 0 bridgehead atoms. The fourth-order valence-electron chi connectivity index (χ4n) is 2.27. The average molecular weight is 282 g/mol. The number of halogens is 1. The van der Waals surface area contributed by atoms with Crippen molar-refractivity contribution in [3.63, 3.8) is 0 Å². The number of anilines is 2. The number of hydrogen-bond acceptors (Lipinski definition) is 3. The van der Waals surface area contributed by atoms with Crippen molar-refractivity contribution in [2.24, 2.45) is 0 Å². The lowest BCUT2D eigenvalue weighted by Gasteiger charge is -2.26. The van der Waals surface area contributed by atoms with E-state index >= 15 is 0 Å². The van der Waals surface area contributed by atoms with Crippen LogP contribution >= 0.6 is 11.6 Å². The van der Waals surface area contributed by atoms with E-state index in [4.69, 9.17) is 17.3 Å². The van der Waals surface area contributed by atoms with Crippen LogP contribution in [-0.2, 0) is 4.79 Å². The Morgan fingerprint density at radius 1 is 1.58 bits per heavy atom. The maximum absolute atomic E-state index is 12.2. The van der Waals surface area contributed by atoms with Crippen molar-refractivity contribution in [3.05, 3.63) is 23.2 Å². The lowest BCUT2D eigenvalue weighted by Crippen LogP contribution is -2.43. The molecule has 1 atom stereocenters. The summed E-state index contributed by atoms with van der Waals surface area (Å²) in [6, 6.07) is 5.57. The summed E-state index contributed by atoms with van der Waals surface area (Å²) in [6.07, 6.45) is 2.39. The number of hydrogen-bond donors (Lipinski definition) is 2. The molecule has 0 saturated heterocycles. The molecule has 1 unspecified atom stereocenters. The fraction of sp³-hybridized carbons (Fsp3) is 0.500. The van der Waals surface area contributed by atoms with Gasteiger partial charge in [0.1, 0.15) is 0 Å². The molecular weight excluding hydrogens is 262 g/mol. The van der Waals surface area contributed by atoms with E-state index in [-0.39, 0.29) is 11.9 Å². The second-order valence-electron chi connectivity index (χ2n) is 4.96. The number of nitrogens with zero attached hydrogens (tertiary/aromatic N) is 1. The average Bonchev–Trinajstić information content (AvgIpc) is 3.19. The van der Waals surface area contributed by atoms with Crippen LogP contribution in [-0.4, -0.2) is 29.4 Å². The predicted octanol–water partition coefficient (Wildman–Crippen LogP) is 2.73. The maximum atomic E-state index is 12.2. The molecule has 19 heavy (non-hydrogen) atoms. The van der Waals surface area contributed by atoms with Gasteiger partial charge in [-0.1, -0.05) is 18.5 Å². The Hall–Kier alpha value is -1.26. The van der Waals surface area contributed by atoms with Crippen LogP contribution in [0.25, 0.3) is 0 Å². The highest BCUT2D eigenvalue weighted by Crippen LogP contribution is 2.29. The third-order valence-corrected chi connectivity index (χ3v) is 3.87. The van der Waals surface area contributed by atoms with E-state index in [1.165, 1.54) is 12.8 Å². The molecule has 1 aromatic rings. The van der Waals surface area contributed by atoms with Gasteiger partial charge in [-0.3, -0.25) is 9.69 Å². The second-order valence-corrected chi connectivity index (χ2v) is 5.37. The molecule has 0 radical (unpaired) electrons. The van der Waals surface area contributed by atoms with E-state index in [1.807, 2.05) is 6.92 Å². The number of nitrogens with one attached hydrogen (secondary N) is 1. The molecule has 0 heterocycles. The second kappa shape index (κ2) is 5.80. The summed E-state index contributed by atoms with van der Waals surface area (Å²) in [6.45, 7) is 4.92. The number of benzene rings is 1. The van der Waals surface area contributed by atoms with Gasteiger partial charge in [0.25, 0.3) is 0 Å². The topological polar surface area (TPSA) is 58.4 Å². The molecule has 0 aromatic heterocycles.